The topological polar surface area (TPSA) is 43.1 Å². The van der Waals surface area contributed by atoms with Crippen molar-refractivity contribution in [1.82, 2.24) is 0 Å². The first-order valence-corrected chi connectivity index (χ1v) is 5.77. The van der Waals surface area contributed by atoms with Crippen LogP contribution in [0.4, 0.5) is 27.6 Å². The average molecular weight is 315 g/mol. The highest BCUT2D eigenvalue weighted by molar-refractivity contribution is 5.70. The number of hydrogen-bond donors (Lipinski definition) is 0. The number of nitro groups is 1. The first kappa shape index (κ1) is 15.6. The largest absolute Gasteiger partial charge is 0.269 e. The summed E-state index contributed by atoms with van der Waals surface area (Å²) in [7, 11) is 0. The smallest absolute Gasteiger partial charge is 0.258 e. The number of nitro benzene ring substituents is 1. The molecule has 0 saturated carbocycles. The zero-order valence-corrected chi connectivity index (χ0v) is 10.6. The summed E-state index contributed by atoms with van der Waals surface area (Å²) in [6, 6.07) is 4.80. The Morgan fingerprint density at radius 2 is 1.23 bits per heavy atom. The number of halogens is 5. The van der Waals surface area contributed by atoms with Crippen molar-refractivity contribution in [3.63, 3.8) is 0 Å². The Bertz CT molecular complexity index is 743. The van der Waals surface area contributed by atoms with Crippen molar-refractivity contribution < 1.29 is 26.9 Å². The van der Waals surface area contributed by atoms with Crippen molar-refractivity contribution in [1.29, 1.82) is 0 Å². The lowest BCUT2D eigenvalue weighted by atomic mass is 10.1. The van der Waals surface area contributed by atoms with Gasteiger partial charge in [0.2, 0.25) is 5.82 Å². The van der Waals surface area contributed by atoms with Crippen LogP contribution in [0.5, 0.6) is 0 Å². The molecule has 0 N–H and O–H groups in total. The van der Waals surface area contributed by atoms with E-state index in [1.165, 1.54) is 12.1 Å². The standard InChI is InChI=1S/C14H6F5NO2/c15-10-9(11(16)13(18)14(19)12(10)17)6-3-7-1-4-8(5-2-7)20(21)22/h1-6H/b6-3+. The predicted octanol–water partition coefficient (Wildman–Crippen LogP) is 4.46. The zero-order valence-electron chi connectivity index (χ0n) is 10.6. The van der Waals surface area contributed by atoms with Crippen LogP contribution in [-0.4, -0.2) is 4.92 Å². The second-order valence-electron chi connectivity index (χ2n) is 4.17. The molecule has 3 nitrogen and oxygen atoms in total. The maximum Gasteiger partial charge on any atom is 0.269 e. The zero-order chi connectivity index (χ0) is 16.4. The molecule has 2 rings (SSSR count). The summed E-state index contributed by atoms with van der Waals surface area (Å²) >= 11 is 0. The van der Waals surface area contributed by atoms with Gasteiger partial charge in [0.1, 0.15) is 0 Å². The van der Waals surface area contributed by atoms with Crippen LogP contribution in [0.1, 0.15) is 11.1 Å². The van der Waals surface area contributed by atoms with Crippen molar-refractivity contribution in [2.24, 2.45) is 0 Å². The molecule has 8 heteroatoms. The second-order valence-corrected chi connectivity index (χ2v) is 4.17. The van der Waals surface area contributed by atoms with E-state index in [1.807, 2.05) is 0 Å². The molecule has 114 valence electrons. The molecule has 0 saturated heterocycles. The molecule has 0 amide bonds. The van der Waals surface area contributed by atoms with Gasteiger partial charge in [-0.05, 0) is 23.8 Å². The van der Waals surface area contributed by atoms with Crippen molar-refractivity contribution in [2.75, 3.05) is 0 Å². The van der Waals surface area contributed by atoms with Gasteiger partial charge in [0.25, 0.3) is 5.69 Å². The van der Waals surface area contributed by atoms with Crippen LogP contribution in [-0.2, 0) is 0 Å². The van der Waals surface area contributed by atoms with E-state index < -0.39 is 39.6 Å². The Morgan fingerprint density at radius 1 is 0.773 bits per heavy atom. The number of hydrogen-bond acceptors (Lipinski definition) is 2. The fraction of sp³-hybridized carbons (Fsp3) is 0. The maximum atomic E-state index is 13.4. The fourth-order valence-corrected chi connectivity index (χ4v) is 1.65. The van der Waals surface area contributed by atoms with Crippen LogP contribution in [0.3, 0.4) is 0 Å². The molecule has 0 bridgehead atoms. The second kappa shape index (κ2) is 5.92. The molecular weight excluding hydrogens is 309 g/mol. The SMILES string of the molecule is O=[N+]([O-])c1ccc(/C=C/c2c(F)c(F)c(F)c(F)c2F)cc1. The molecule has 0 heterocycles. The first-order valence-electron chi connectivity index (χ1n) is 5.77. The summed E-state index contributed by atoms with van der Waals surface area (Å²) in [6.45, 7) is 0. The fourth-order valence-electron chi connectivity index (χ4n) is 1.65. The number of non-ortho nitro benzene ring substituents is 1. The summed E-state index contributed by atoms with van der Waals surface area (Å²) in [6.07, 6.45) is 1.78. The van der Waals surface area contributed by atoms with E-state index in [4.69, 9.17) is 0 Å². The van der Waals surface area contributed by atoms with Gasteiger partial charge >= 0.3 is 0 Å². The van der Waals surface area contributed by atoms with Gasteiger partial charge in [-0.25, -0.2) is 22.0 Å². The van der Waals surface area contributed by atoms with Gasteiger partial charge in [-0.3, -0.25) is 10.1 Å². The lowest BCUT2D eigenvalue weighted by Crippen LogP contribution is -2.03. The Morgan fingerprint density at radius 3 is 1.68 bits per heavy atom. The molecule has 0 atom stereocenters. The van der Waals surface area contributed by atoms with Gasteiger partial charge in [0.15, 0.2) is 23.3 Å². The minimum Gasteiger partial charge on any atom is -0.258 e. The quantitative estimate of drug-likeness (QED) is 0.210. The molecule has 0 unspecified atom stereocenters. The van der Waals surface area contributed by atoms with Crippen LogP contribution in [0.15, 0.2) is 24.3 Å². The Kier molecular flexibility index (Phi) is 4.20. The van der Waals surface area contributed by atoms with Gasteiger partial charge in [-0.15, -0.1) is 0 Å². The van der Waals surface area contributed by atoms with Gasteiger partial charge in [-0.1, -0.05) is 6.08 Å². The van der Waals surface area contributed by atoms with Gasteiger partial charge in [-0.2, -0.15) is 0 Å². The van der Waals surface area contributed by atoms with E-state index in [0.717, 1.165) is 18.2 Å². The summed E-state index contributed by atoms with van der Waals surface area (Å²) in [4.78, 5) is 9.82. The van der Waals surface area contributed by atoms with Crippen molar-refractivity contribution in [3.05, 3.63) is 74.6 Å². The highest BCUT2D eigenvalue weighted by Gasteiger charge is 2.24. The molecule has 0 aromatic heterocycles. The van der Waals surface area contributed by atoms with Gasteiger partial charge in [0, 0.05) is 12.1 Å². The van der Waals surface area contributed by atoms with E-state index in [2.05, 4.69) is 0 Å². The molecule has 0 radical (unpaired) electrons. The predicted molar refractivity (Wildman–Crippen MR) is 68.3 cm³/mol. The number of rotatable bonds is 3. The van der Waals surface area contributed by atoms with E-state index in [1.54, 1.807) is 0 Å². The summed E-state index contributed by atoms with van der Waals surface area (Å²) < 4.78 is 65.7. The lowest BCUT2D eigenvalue weighted by Gasteiger charge is -2.04. The normalized spacial score (nSPS) is 11.1. The molecule has 0 aliphatic carbocycles. The molecule has 0 fully saturated rings. The molecule has 0 spiro atoms. The van der Waals surface area contributed by atoms with E-state index in [0.29, 0.717) is 6.08 Å². The summed E-state index contributed by atoms with van der Waals surface area (Å²) in [5, 5.41) is 10.5. The van der Waals surface area contributed by atoms with Crippen LogP contribution in [0.2, 0.25) is 0 Å². The third-order valence-corrected chi connectivity index (χ3v) is 2.79. The number of benzene rings is 2. The molecular formula is C14H6F5NO2. The van der Waals surface area contributed by atoms with Crippen molar-refractivity contribution in [3.8, 4) is 0 Å². The van der Waals surface area contributed by atoms with Crippen molar-refractivity contribution >= 4 is 17.8 Å². The Labute approximate surface area is 120 Å². The summed E-state index contributed by atoms with van der Waals surface area (Å²) in [5.41, 5.74) is -1.00. The minimum atomic E-state index is -2.23. The van der Waals surface area contributed by atoms with E-state index >= 15 is 0 Å². The molecule has 2 aromatic rings. The van der Waals surface area contributed by atoms with Crippen molar-refractivity contribution in [2.45, 2.75) is 0 Å². The third-order valence-electron chi connectivity index (χ3n) is 2.79. The highest BCUT2D eigenvalue weighted by atomic mass is 19.2. The van der Waals surface area contributed by atoms with Crippen LogP contribution in [0.25, 0.3) is 12.2 Å². The monoisotopic (exact) mass is 315 g/mol. The molecule has 0 aliphatic heterocycles. The highest BCUT2D eigenvalue weighted by Crippen LogP contribution is 2.25. The molecule has 22 heavy (non-hydrogen) atoms. The van der Waals surface area contributed by atoms with Gasteiger partial charge < -0.3 is 0 Å². The maximum absolute atomic E-state index is 13.4. The lowest BCUT2D eigenvalue weighted by molar-refractivity contribution is -0.384. The van der Waals surface area contributed by atoms with Crippen LogP contribution < -0.4 is 0 Å². The number of nitrogens with zero attached hydrogens (tertiary/aromatic N) is 1. The Hall–Kier alpha value is -2.77. The van der Waals surface area contributed by atoms with Gasteiger partial charge in [0.05, 0.1) is 10.5 Å². The first-order chi connectivity index (χ1) is 10.3. The van der Waals surface area contributed by atoms with Crippen LogP contribution in [0, 0.1) is 39.2 Å². The molecule has 0 aliphatic rings. The van der Waals surface area contributed by atoms with Crippen LogP contribution >= 0.6 is 0 Å². The summed E-state index contributed by atoms with van der Waals surface area (Å²) in [5.74, 6) is -10.2. The minimum absolute atomic E-state index is 0.201. The third kappa shape index (κ3) is 2.80. The molecule has 2 aromatic carbocycles. The average Bonchev–Trinajstić information content (AvgIpc) is 2.51. The Balaban J connectivity index is 2.40. The van der Waals surface area contributed by atoms with E-state index in [9.17, 15) is 32.1 Å². The van der Waals surface area contributed by atoms with E-state index in [-0.39, 0.29) is 11.3 Å².